The number of rotatable bonds is 5. The molecule has 0 aliphatic heterocycles. The first-order chi connectivity index (χ1) is 10.3. The third-order valence-electron chi connectivity index (χ3n) is 2.92. The highest BCUT2D eigenvalue weighted by Crippen LogP contribution is 2.11. The number of aryl methyl sites for hydroxylation is 1. The maximum absolute atomic E-state index is 12.4. The van der Waals surface area contributed by atoms with Gasteiger partial charge in [-0.05, 0) is 25.3 Å². The van der Waals surface area contributed by atoms with Crippen LogP contribution < -0.4 is 5.73 Å². The van der Waals surface area contributed by atoms with Crippen LogP contribution >= 0.6 is 0 Å². The van der Waals surface area contributed by atoms with E-state index in [1.54, 1.807) is 20.0 Å². The van der Waals surface area contributed by atoms with Crippen molar-refractivity contribution in [3.05, 3.63) is 29.2 Å². The quantitative estimate of drug-likeness (QED) is 0.884. The molecule has 118 valence electrons. The fraction of sp³-hybridized carbons (Fsp3) is 0.500. The first kappa shape index (κ1) is 15.9. The Balaban J connectivity index is 2.15. The normalized spacial score (nSPS) is 11.0. The van der Waals surface area contributed by atoms with E-state index in [4.69, 9.17) is 10.3 Å². The molecule has 22 heavy (non-hydrogen) atoms. The third kappa shape index (κ3) is 4.00. The largest absolute Gasteiger partial charge is 0.368 e. The Hall–Kier alpha value is -2.51. The summed E-state index contributed by atoms with van der Waals surface area (Å²) in [4.78, 5) is 26.1. The van der Waals surface area contributed by atoms with Gasteiger partial charge >= 0.3 is 0 Å². The molecule has 1 amide bonds. The van der Waals surface area contributed by atoms with Gasteiger partial charge in [0.05, 0.1) is 0 Å². The van der Waals surface area contributed by atoms with Gasteiger partial charge in [-0.15, -0.1) is 0 Å². The van der Waals surface area contributed by atoms with E-state index < -0.39 is 0 Å². The summed E-state index contributed by atoms with van der Waals surface area (Å²) in [6, 6.07) is 1.67. The van der Waals surface area contributed by atoms with Gasteiger partial charge in [-0.1, -0.05) is 19.0 Å². The molecule has 8 heteroatoms. The monoisotopic (exact) mass is 304 g/mol. The van der Waals surface area contributed by atoms with Crippen LogP contribution in [0.15, 0.2) is 10.6 Å². The maximum atomic E-state index is 12.4. The van der Waals surface area contributed by atoms with E-state index in [-0.39, 0.29) is 24.1 Å². The molecule has 2 N–H and O–H groups in total. The van der Waals surface area contributed by atoms with Crippen molar-refractivity contribution in [1.82, 2.24) is 25.0 Å². The molecule has 0 aromatic carbocycles. The van der Waals surface area contributed by atoms with E-state index >= 15 is 0 Å². The Morgan fingerprint density at radius 2 is 2.09 bits per heavy atom. The second-order valence-electron chi connectivity index (χ2n) is 5.60. The summed E-state index contributed by atoms with van der Waals surface area (Å²) < 4.78 is 5.01. The number of carbonyl (C=O) groups is 1. The van der Waals surface area contributed by atoms with E-state index in [2.05, 4.69) is 34.0 Å². The van der Waals surface area contributed by atoms with Crippen molar-refractivity contribution >= 4 is 11.9 Å². The highest BCUT2D eigenvalue weighted by molar-refractivity contribution is 5.92. The Morgan fingerprint density at radius 3 is 2.68 bits per heavy atom. The molecule has 2 rings (SSSR count). The second-order valence-corrected chi connectivity index (χ2v) is 5.60. The summed E-state index contributed by atoms with van der Waals surface area (Å²) >= 11 is 0. The summed E-state index contributed by atoms with van der Waals surface area (Å²) in [5.41, 5.74) is 6.72. The van der Waals surface area contributed by atoms with E-state index in [1.165, 1.54) is 4.90 Å². The molecule has 0 fully saturated rings. The lowest BCUT2D eigenvalue weighted by atomic mass is 10.1. The zero-order valence-electron chi connectivity index (χ0n) is 13.2. The van der Waals surface area contributed by atoms with Crippen molar-refractivity contribution in [3.8, 4) is 0 Å². The predicted octanol–water partition coefficient (Wildman–Crippen LogP) is 1.22. The second kappa shape index (κ2) is 6.50. The van der Waals surface area contributed by atoms with Gasteiger partial charge in [-0.25, -0.2) is 9.97 Å². The number of anilines is 1. The molecule has 0 atom stereocenters. The molecule has 2 aromatic rings. The van der Waals surface area contributed by atoms with E-state index in [1.807, 2.05) is 0 Å². The average Bonchev–Trinajstić information content (AvgIpc) is 2.81. The molecule has 0 bridgehead atoms. The number of nitrogens with zero attached hydrogens (tertiary/aromatic N) is 5. The molecule has 0 aliphatic rings. The lowest BCUT2D eigenvalue weighted by Crippen LogP contribution is -2.27. The van der Waals surface area contributed by atoms with Gasteiger partial charge in [0.25, 0.3) is 5.91 Å². The van der Waals surface area contributed by atoms with Crippen LogP contribution in [0.25, 0.3) is 0 Å². The summed E-state index contributed by atoms with van der Waals surface area (Å²) in [7, 11) is 1.64. The predicted molar refractivity (Wildman–Crippen MR) is 79.8 cm³/mol. The lowest BCUT2D eigenvalue weighted by molar-refractivity contribution is 0.0763. The van der Waals surface area contributed by atoms with Gasteiger partial charge in [-0.2, -0.15) is 4.98 Å². The molecular weight excluding hydrogens is 284 g/mol. The summed E-state index contributed by atoms with van der Waals surface area (Å²) in [6.45, 7) is 6.08. The number of amides is 1. The minimum absolute atomic E-state index is 0.100. The van der Waals surface area contributed by atoms with Crippen molar-refractivity contribution in [2.75, 3.05) is 12.8 Å². The van der Waals surface area contributed by atoms with Crippen LogP contribution in [0.3, 0.4) is 0 Å². The molecule has 2 aromatic heterocycles. The zero-order valence-corrected chi connectivity index (χ0v) is 13.2. The number of nitrogens with two attached hydrogens (primary N) is 1. The number of hydrogen-bond acceptors (Lipinski definition) is 7. The van der Waals surface area contributed by atoms with E-state index in [0.717, 1.165) is 12.1 Å². The molecule has 0 saturated heterocycles. The lowest BCUT2D eigenvalue weighted by Gasteiger charge is -2.15. The van der Waals surface area contributed by atoms with Gasteiger partial charge < -0.3 is 15.2 Å². The van der Waals surface area contributed by atoms with Crippen LogP contribution in [0.2, 0.25) is 0 Å². The van der Waals surface area contributed by atoms with E-state index in [0.29, 0.717) is 17.6 Å². The van der Waals surface area contributed by atoms with Crippen LogP contribution in [0.4, 0.5) is 5.95 Å². The van der Waals surface area contributed by atoms with E-state index in [9.17, 15) is 4.79 Å². The number of carbonyl (C=O) groups excluding carboxylic acids is 1. The highest BCUT2D eigenvalue weighted by atomic mass is 16.5. The van der Waals surface area contributed by atoms with Crippen molar-refractivity contribution in [2.45, 2.75) is 33.7 Å². The Morgan fingerprint density at radius 1 is 1.36 bits per heavy atom. The smallest absolute Gasteiger partial charge is 0.272 e. The minimum atomic E-state index is -0.269. The molecular formula is C14H20N6O2. The van der Waals surface area contributed by atoms with Crippen LogP contribution in [-0.4, -0.2) is 38.0 Å². The molecule has 0 spiro atoms. The molecule has 8 nitrogen and oxygen atoms in total. The van der Waals surface area contributed by atoms with Crippen molar-refractivity contribution in [2.24, 2.45) is 5.92 Å². The number of aromatic nitrogens is 4. The van der Waals surface area contributed by atoms with Gasteiger partial charge in [0.15, 0.2) is 5.82 Å². The fourth-order valence-electron chi connectivity index (χ4n) is 2.02. The van der Waals surface area contributed by atoms with Crippen LogP contribution in [0.5, 0.6) is 0 Å². The Bertz CT molecular complexity index is 667. The van der Waals surface area contributed by atoms with Gasteiger partial charge in [0.2, 0.25) is 11.8 Å². The summed E-state index contributed by atoms with van der Waals surface area (Å²) in [6.07, 6.45) is 0.736. The number of nitrogen functional groups attached to an aromatic ring is 1. The number of hydrogen-bond donors (Lipinski definition) is 1. The molecule has 0 saturated carbocycles. The maximum Gasteiger partial charge on any atom is 0.272 e. The van der Waals surface area contributed by atoms with Crippen molar-refractivity contribution in [1.29, 1.82) is 0 Å². The molecule has 0 aliphatic carbocycles. The van der Waals surface area contributed by atoms with Gasteiger partial charge in [0.1, 0.15) is 12.2 Å². The topological polar surface area (TPSA) is 111 Å². The summed E-state index contributed by atoms with van der Waals surface area (Å²) in [5, 5.41) is 3.69. The average molecular weight is 304 g/mol. The molecule has 2 heterocycles. The first-order valence-electron chi connectivity index (χ1n) is 7.03. The van der Waals surface area contributed by atoms with Gasteiger partial charge in [-0.3, -0.25) is 4.79 Å². The molecule has 0 unspecified atom stereocenters. The van der Waals surface area contributed by atoms with Crippen LogP contribution in [0.1, 0.15) is 41.7 Å². The van der Waals surface area contributed by atoms with Gasteiger partial charge in [0, 0.05) is 12.7 Å². The van der Waals surface area contributed by atoms with Crippen LogP contribution in [-0.2, 0) is 13.0 Å². The standard InChI is InChI=1S/C14H20N6O2/c1-8(2)5-10-6-11(18-14(15)17-10)13(21)20(4)7-12-16-9(3)19-22-12/h6,8H,5,7H2,1-4H3,(H2,15,17,18). The Labute approximate surface area is 128 Å². The summed E-state index contributed by atoms with van der Waals surface area (Å²) in [5.74, 6) is 1.15. The highest BCUT2D eigenvalue weighted by Gasteiger charge is 2.18. The SMILES string of the molecule is Cc1noc(CN(C)C(=O)c2cc(CC(C)C)nc(N)n2)n1. The minimum Gasteiger partial charge on any atom is -0.368 e. The van der Waals surface area contributed by atoms with Crippen molar-refractivity contribution in [3.63, 3.8) is 0 Å². The zero-order chi connectivity index (χ0) is 16.3. The van der Waals surface area contributed by atoms with Crippen molar-refractivity contribution < 1.29 is 9.32 Å². The van der Waals surface area contributed by atoms with Crippen LogP contribution in [0, 0.1) is 12.8 Å². The molecule has 0 radical (unpaired) electrons. The fourth-order valence-corrected chi connectivity index (χ4v) is 2.02. The Kier molecular flexibility index (Phi) is 4.69. The first-order valence-corrected chi connectivity index (χ1v) is 7.03. The third-order valence-corrected chi connectivity index (χ3v) is 2.92.